The minimum Gasteiger partial charge on any atom is -0.352 e. The van der Waals surface area contributed by atoms with Gasteiger partial charge in [-0.1, -0.05) is 18.2 Å². The molecule has 1 heterocycles. The van der Waals surface area contributed by atoms with E-state index in [2.05, 4.69) is 16.9 Å². The normalized spacial score (nSPS) is 9.67. The van der Waals surface area contributed by atoms with Crippen molar-refractivity contribution in [3.63, 3.8) is 0 Å². The molecule has 80 valence electrons. The van der Waals surface area contributed by atoms with E-state index in [0.29, 0.717) is 19.4 Å². The Hall–Kier alpha value is -1.64. The van der Waals surface area contributed by atoms with Crippen molar-refractivity contribution in [3.8, 4) is 0 Å². The molecule has 3 heteroatoms. The van der Waals surface area contributed by atoms with Crippen molar-refractivity contribution in [2.24, 2.45) is 0 Å². The van der Waals surface area contributed by atoms with Gasteiger partial charge in [0, 0.05) is 24.9 Å². The Morgan fingerprint density at radius 3 is 2.93 bits per heavy atom. The number of hydrogen-bond acceptors (Lipinski definition) is 2. The van der Waals surface area contributed by atoms with E-state index in [1.54, 1.807) is 6.20 Å². The van der Waals surface area contributed by atoms with Gasteiger partial charge in [0.2, 0.25) is 5.91 Å². The van der Waals surface area contributed by atoms with Gasteiger partial charge in [-0.25, -0.2) is 0 Å². The monoisotopic (exact) mass is 204 g/mol. The summed E-state index contributed by atoms with van der Waals surface area (Å²) >= 11 is 0. The molecule has 1 N–H and O–H groups in total. The fourth-order valence-corrected chi connectivity index (χ4v) is 1.13. The summed E-state index contributed by atoms with van der Waals surface area (Å²) in [5.74, 6) is 0.0450. The Kier molecular flexibility index (Phi) is 4.54. The zero-order valence-corrected chi connectivity index (χ0v) is 8.99. The molecule has 0 aliphatic carbocycles. The molecule has 1 amide bonds. The van der Waals surface area contributed by atoms with Gasteiger partial charge in [-0.2, -0.15) is 0 Å². The molecule has 0 atom stereocenters. The third-order valence-electron chi connectivity index (χ3n) is 1.92. The minimum atomic E-state index is 0.0450. The molecule has 15 heavy (non-hydrogen) atoms. The third-order valence-corrected chi connectivity index (χ3v) is 1.92. The fourth-order valence-electron chi connectivity index (χ4n) is 1.13. The summed E-state index contributed by atoms with van der Waals surface area (Å²) in [7, 11) is 0. The number of rotatable bonds is 5. The van der Waals surface area contributed by atoms with Crippen molar-refractivity contribution in [1.82, 2.24) is 10.3 Å². The zero-order chi connectivity index (χ0) is 11.1. The molecule has 0 aliphatic heterocycles. The summed E-state index contributed by atoms with van der Waals surface area (Å²) in [4.78, 5) is 15.5. The van der Waals surface area contributed by atoms with E-state index in [1.807, 2.05) is 25.1 Å². The second-order valence-corrected chi connectivity index (χ2v) is 3.55. The molecule has 0 unspecified atom stereocenters. The van der Waals surface area contributed by atoms with Gasteiger partial charge in [0.15, 0.2) is 0 Å². The number of carbonyl (C=O) groups excluding carboxylic acids is 1. The van der Waals surface area contributed by atoms with Crippen LogP contribution in [-0.4, -0.2) is 17.4 Å². The van der Waals surface area contributed by atoms with Crippen molar-refractivity contribution < 1.29 is 4.79 Å². The summed E-state index contributed by atoms with van der Waals surface area (Å²) in [5, 5.41) is 2.79. The smallest absolute Gasteiger partial charge is 0.220 e. The van der Waals surface area contributed by atoms with Gasteiger partial charge in [-0.05, 0) is 25.5 Å². The molecule has 0 radical (unpaired) electrons. The first-order valence-corrected chi connectivity index (χ1v) is 4.99. The van der Waals surface area contributed by atoms with E-state index >= 15 is 0 Å². The van der Waals surface area contributed by atoms with Crippen LogP contribution in [0.4, 0.5) is 0 Å². The Bertz CT molecular complexity index is 333. The third kappa shape index (κ3) is 4.96. The standard InChI is InChI=1S/C12H16N2O/c1-10(2)9-14-12(15)7-6-11-5-3-4-8-13-11/h3-5,8H,1,6-7,9H2,2H3,(H,14,15). The van der Waals surface area contributed by atoms with Crippen LogP contribution in [0.3, 0.4) is 0 Å². The van der Waals surface area contributed by atoms with Crippen LogP contribution in [0.5, 0.6) is 0 Å². The maximum atomic E-state index is 11.3. The zero-order valence-electron chi connectivity index (χ0n) is 8.99. The number of carbonyl (C=O) groups is 1. The lowest BCUT2D eigenvalue weighted by atomic mass is 10.2. The first kappa shape index (κ1) is 11.4. The van der Waals surface area contributed by atoms with Crippen LogP contribution in [0, 0.1) is 0 Å². The lowest BCUT2D eigenvalue weighted by Crippen LogP contribution is -2.25. The highest BCUT2D eigenvalue weighted by molar-refractivity contribution is 5.76. The van der Waals surface area contributed by atoms with Gasteiger partial charge in [0.05, 0.1) is 0 Å². The first-order chi connectivity index (χ1) is 7.18. The van der Waals surface area contributed by atoms with Crippen molar-refractivity contribution in [2.45, 2.75) is 19.8 Å². The van der Waals surface area contributed by atoms with E-state index in [-0.39, 0.29) is 5.91 Å². The predicted molar refractivity (Wildman–Crippen MR) is 60.4 cm³/mol. The summed E-state index contributed by atoms with van der Waals surface area (Å²) in [6, 6.07) is 5.71. The van der Waals surface area contributed by atoms with Gasteiger partial charge < -0.3 is 5.32 Å². The first-order valence-electron chi connectivity index (χ1n) is 4.99. The number of aromatic nitrogens is 1. The summed E-state index contributed by atoms with van der Waals surface area (Å²) in [6.07, 6.45) is 2.90. The van der Waals surface area contributed by atoms with E-state index < -0.39 is 0 Å². The minimum absolute atomic E-state index is 0.0450. The molecule has 0 aliphatic rings. The quantitative estimate of drug-likeness (QED) is 0.742. The van der Waals surface area contributed by atoms with E-state index in [9.17, 15) is 4.79 Å². The van der Waals surface area contributed by atoms with Crippen molar-refractivity contribution in [2.75, 3.05) is 6.54 Å². The molecule has 1 aromatic heterocycles. The SMILES string of the molecule is C=C(C)CNC(=O)CCc1ccccn1. The number of nitrogens with zero attached hydrogens (tertiary/aromatic N) is 1. The molecule has 1 aromatic rings. The summed E-state index contributed by atoms with van der Waals surface area (Å²) in [6.45, 7) is 6.16. The van der Waals surface area contributed by atoms with Crippen molar-refractivity contribution in [3.05, 3.63) is 42.2 Å². The number of pyridine rings is 1. The highest BCUT2D eigenvalue weighted by atomic mass is 16.1. The number of nitrogens with one attached hydrogen (secondary N) is 1. The van der Waals surface area contributed by atoms with E-state index in [1.165, 1.54) is 0 Å². The highest BCUT2D eigenvalue weighted by Gasteiger charge is 2.01. The van der Waals surface area contributed by atoms with Gasteiger partial charge in [-0.3, -0.25) is 9.78 Å². The lowest BCUT2D eigenvalue weighted by molar-refractivity contribution is -0.120. The van der Waals surface area contributed by atoms with Crippen LogP contribution in [-0.2, 0) is 11.2 Å². The topological polar surface area (TPSA) is 42.0 Å². The number of amides is 1. The van der Waals surface area contributed by atoms with Crippen LogP contribution in [0.2, 0.25) is 0 Å². The van der Waals surface area contributed by atoms with Crippen LogP contribution < -0.4 is 5.32 Å². The van der Waals surface area contributed by atoms with Crippen molar-refractivity contribution >= 4 is 5.91 Å². The van der Waals surface area contributed by atoms with Crippen LogP contribution in [0.15, 0.2) is 36.5 Å². The van der Waals surface area contributed by atoms with Crippen LogP contribution in [0.25, 0.3) is 0 Å². The average molecular weight is 204 g/mol. The van der Waals surface area contributed by atoms with Gasteiger partial charge in [0.25, 0.3) is 0 Å². The molecule has 0 bridgehead atoms. The van der Waals surface area contributed by atoms with E-state index in [4.69, 9.17) is 0 Å². The Balaban J connectivity index is 2.26. The lowest BCUT2D eigenvalue weighted by Gasteiger charge is -2.03. The van der Waals surface area contributed by atoms with Crippen LogP contribution in [0.1, 0.15) is 19.0 Å². The average Bonchev–Trinajstić information content (AvgIpc) is 2.25. The maximum Gasteiger partial charge on any atom is 0.220 e. The van der Waals surface area contributed by atoms with Crippen molar-refractivity contribution in [1.29, 1.82) is 0 Å². The van der Waals surface area contributed by atoms with Gasteiger partial charge >= 0.3 is 0 Å². The highest BCUT2D eigenvalue weighted by Crippen LogP contribution is 1.98. The Morgan fingerprint density at radius 1 is 1.53 bits per heavy atom. The second-order valence-electron chi connectivity index (χ2n) is 3.55. The molecule has 0 saturated heterocycles. The number of hydrogen-bond donors (Lipinski definition) is 1. The molecule has 0 fully saturated rings. The molecule has 3 nitrogen and oxygen atoms in total. The summed E-state index contributed by atoms with van der Waals surface area (Å²) < 4.78 is 0. The summed E-state index contributed by atoms with van der Waals surface area (Å²) in [5.41, 5.74) is 1.91. The molecule has 0 saturated carbocycles. The molecule has 0 spiro atoms. The largest absolute Gasteiger partial charge is 0.352 e. The molecular weight excluding hydrogens is 188 g/mol. The Morgan fingerprint density at radius 2 is 2.33 bits per heavy atom. The molecule has 1 rings (SSSR count). The fraction of sp³-hybridized carbons (Fsp3) is 0.333. The van der Waals surface area contributed by atoms with E-state index in [0.717, 1.165) is 11.3 Å². The number of aryl methyl sites for hydroxylation is 1. The molecule has 0 aromatic carbocycles. The second kappa shape index (κ2) is 5.96. The maximum absolute atomic E-state index is 11.3. The van der Waals surface area contributed by atoms with Gasteiger partial charge in [0.1, 0.15) is 0 Å². The van der Waals surface area contributed by atoms with Crippen LogP contribution >= 0.6 is 0 Å². The van der Waals surface area contributed by atoms with Gasteiger partial charge in [-0.15, -0.1) is 0 Å². The Labute approximate surface area is 90.2 Å². The molecular formula is C12H16N2O. The predicted octanol–water partition coefficient (Wildman–Crippen LogP) is 1.71.